The van der Waals surface area contributed by atoms with Crippen LogP contribution in [0.5, 0.6) is 5.75 Å². The lowest BCUT2D eigenvalue weighted by atomic mass is 9.89. The zero-order chi connectivity index (χ0) is 17.3. The summed E-state index contributed by atoms with van der Waals surface area (Å²) in [4.78, 5) is 30.6. The minimum absolute atomic E-state index is 0.147. The molecule has 1 amide bonds. The Balaban J connectivity index is 1.88. The van der Waals surface area contributed by atoms with Crippen LogP contribution in [-0.2, 0) is 4.79 Å². The number of hydrogen-bond acceptors (Lipinski definition) is 5. The predicted molar refractivity (Wildman–Crippen MR) is 89.6 cm³/mol. The number of rotatable bonds is 4. The number of benzene rings is 1. The van der Waals surface area contributed by atoms with Gasteiger partial charge in [-0.1, -0.05) is 12.1 Å². The molecule has 1 fully saturated rings. The molecule has 1 aliphatic heterocycles. The Morgan fingerprint density at radius 2 is 2.17 bits per heavy atom. The number of likely N-dealkylation sites (tertiary alicyclic amines) is 1. The monoisotopic (exact) mass is 346 g/mol. The van der Waals surface area contributed by atoms with Crippen LogP contribution in [-0.4, -0.2) is 47.1 Å². The Hall–Kier alpha value is -2.41. The number of nitrogens with zero attached hydrogens (tertiary/aromatic N) is 2. The van der Waals surface area contributed by atoms with E-state index in [9.17, 15) is 14.7 Å². The normalized spacial score (nSPS) is 20.2. The van der Waals surface area contributed by atoms with E-state index < -0.39 is 11.9 Å². The van der Waals surface area contributed by atoms with E-state index in [2.05, 4.69) is 4.98 Å². The van der Waals surface area contributed by atoms with E-state index in [1.807, 2.05) is 24.3 Å². The molecule has 6 nitrogen and oxygen atoms in total. The van der Waals surface area contributed by atoms with Gasteiger partial charge in [0.2, 0.25) is 0 Å². The van der Waals surface area contributed by atoms with Crippen molar-refractivity contribution < 1.29 is 19.4 Å². The number of carbonyl (C=O) groups excluding carboxylic acids is 1. The van der Waals surface area contributed by atoms with Crippen LogP contribution in [0.2, 0.25) is 0 Å². The number of methoxy groups -OCH3 is 1. The molecule has 0 bridgehead atoms. The standard InChI is InChI=1S/C17H18N2O4S/c1-10-15(24-9-18-10)16(20)19-7-13(14(8-19)17(21)22)11-4-3-5-12(6-11)23-2/h3-6,9,13-14H,7-8H2,1-2H3,(H,21,22)/t13-,14+/m0/s1. The lowest BCUT2D eigenvalue weighted by molar-refractivity contribution is -0.141. The fourth-order valence-corrected chi connectivity index (χ4v) is 3.85. The van der Waals surface area contributed by atoms with Crippen molar-refractivity contribution in [3.05, 3.63) is 45.9 Å². The highest BCUT2D eigenvalue weighted by molar-refractivity contribution is 7.11. The zero-order valence-corrected chi connectivity index (χ0v) is 14.2. The van der Waals surface area contributed by atoms with E-state index in [0.717, 1.165) is 5.56 Å². The number of hydrogen-bond donors (Lipinski definition) is 1. The van der Waals surface area contributed by atoms with Crippen LogP contribution in [0.1, 0.15) is 26.8 Å². The topological polar surface area (TPSA) is 79.7 Å². The Morgan fingerprint density at radius 1 is 1.38 bits per heavy atom. The maximum Gasteiger partial charge on any atom is 0.308 e. The van der Waals surface area contributed by atoms with E-state index in [0.29, 0.717) is 22.9 Å². The summed E-state index contributed by atoms with van der Waals surface area (Å²) >= 11 is 1.29. The molecule has 126 valence electrons. The van der Waals surface area contributed by atoms with Crippen molar-refractivity contribution in [3.63, 3.8) is 0 Å². The quantitative estimate of drug-likeness (QED) is 0.919. The summed E-state index contributed by atoms with van der Waals surface area (Å²) in [7, 11) is 1.57. The first-order valence-corrected chi connectivity index (χ1v) is 8.45. The van der Waals surface area contributed by atoms with Gasteiger partial charge in [0.25, 0.3) is 5.91 Å². The highest BCUT2D eigenvalue weighted by atomic mass is 32.1. The second-order valence-electron chi connectivity index (χ2n) is 5.80. The Morgan fingerprint density at radius 3 is 2.79 bits per heavy atom. The summed E-state index contributed by atoms with van der Waals surface area (Å²) in [5.74, 6) is -1.24. The van der Waals surface area contributed by atoms with Crippen molar-refractivity contribution in [2.75, 3.05) is 20.2 Å². The third kappa shape index (κ3) is 2.99. The molecule has 0 spiro atoms. The third-order valence-electron chi connectivity index (χ3n) is 4.39. The Bertz CT molecular complexity index is 773. The van der Waals surface area contributed by atoms with Gasteiger partial charge in [-0.05, 0) is 24.6 Å². The van der Waals surface area contributed by atoms with E-state index >= 15 is 0 Å². The molecule has 0 saturated carbocycles. The van der Waals surface area contributed by atoms with E-state index in [-0.39, 0.29) is 18.4 Å². The maximum absolute atomic E-state index is 12.7. The molecule has 0 unspecified atom stereocenters. The van der Waals surface area contributed by atoms with Gasteiger partial charge in [0, 0.05) is 19.0 Å². The number of amides is 1. The highest BCUT2D eigenvalue weighted by Crippen LogP contribution is 2.35. The molecule has 2 aromatic rings. The third-order valence-corrected chi connectivity index (χ3v) is 5.30. The van der Waals surface area contributed by atoms with Crippen LogP contribution in [0.4, 0.5) is 0 Å². The highest BCUT2D eigenvalue weighted by Gasteiger charge is 2.41. The number of aryl methyl sites for hydroxylation is 1. The minimum Gasteiger partial charge on any atom is -0.497 e. The minimum atomic E-state index is -0.890. The van der Waals surface area contributed by atoms with Gasteiger partial charge in [-0.3, -0.25) is 9.59 Å². The van der Waals surface area contributed by atoms with Gasteiger partial charge in [-0.2, -0.15) is 0 Å². The largest absolute Gasteiger partial charge is 0.497 e. The van der Waals surface area contributed by atoms with Crippen LogP contribution >= 0.6 is 11.3 Å². The fourth-order valence-electron chi connectivity index (χ4n) is 3.08. The van der Waals surface area contributed by atoms with Crippen LogP contribution in [0, 0.1) is 12.8 Å². The maximum atomic E-state index is 12.7. The SMILES string of the molecule is COc1cccc([C@@H]2CN(C(=O)c3scnc3C)C[C@H]2C(=O)O)c1. The second kappa shape index (κ2) is 6.60. The predicted octanol–water partition coefficient (Wildman–Crippen LogP) is 2.40. The lowest BCUT2D eigenvalue weighted by Gasteiger charge is -2.16. The summed E-state index contributed by atoms with van der Waals surface area (Å²) < 4.78 is 5.22. The number of aromatic nitrogens is 1. The van der Waals surface area contributed by atoms with E-state index in [4.69, 9.17) is 4.74 Å². The summed E-state index contributed by atoms with van der Waals surface area (Å²) in [5, 5.41) is 9.58. The van der Waals surface area contributed by atoms with Crippen molar-refractivity contribution >= 4 is 23.2 Å². The van der Waals surface area contributed by atoms with Crippen molar-refractivity contribution in [2.45, 2.75) is 12.8 Å². The van der Waals surface area contributed by atoms with Gasteiger partial charge in [-0.25, -0.2) is 4.98 Å². The molecule has 7 heteroatoms. The number of thiazole rings is 1. The summed E-state index contributed by atoms with van der Waals surface area (Å²) in [5.41, 5.74) is 3.19. The number of carboxylic acids is 1. The molecular weight excluding hydrogens is 328 g/mol. The van der Waals surface area contributed by atoms with Gasteiger partial charge in [0.05, 0.1) is 24.2 Å². The molecule has 3 rings (SSSR count). The van der Waals surface area contributed by atoms with Crippen molar-refractivity contribution in [1.82, 2.24) is 9.88 Å². The van der Waals surface area contributed by atoms with Crippen molar-refractivity contribution in [2.24, 2.45) is 5.92 Å². The molecule has 1 aromatic carbocycles. The Kier molecular flexibility index (Phi) is 4.53. The molecule has 0 radical (unpaired) electrons. The van der Waals surface area contributed by atoms with Crippen LogP contribution in [0.3, 0.4) is 0 Å². The Labute approximate surface area is 143 Å². The van der Waals surface area contributed by atoms with Crippen molar-refractivity contribution in [1.29, 1.82) is 0 Å². The molecule has 2 atom stereocenters. The van der Waals surface area contributed by atoms with Gasteiger partial charge in [0.15, 0.2) is 0 Å². The van der Waals surface area contributed by atoms with Crippen LogP contribution < -0.4 is 4.74 Å². The van der Waals surface area contributed by atoms with Gasteiger partial charge >= 0.3 is 5.97 Å². The van der Waals surface area contributed by atoms with Gasteiger partial charge in [0.1, 0.15) is 10.6 Å². The number of ether oxygens (including phenoxy) is 1. The van der Waals surface area contributed by atoms with Gasteiger partial charge in [-0.15, -0.1) is 11.3 Å². The lowest BCUT2D eigenvalue weighted by Crippen LogP contribution is -2.29. The smallest absolute Gasteiger partial charge is 0.308 e. The average Bonchev–Trinajstić information content (AvgIpc) is 3.21. The van der Waals surface area contributed by atoms with Crippen LogP contribution in [0.25, 0.3) is 0 Å². The first-order valence-electron chi connectivity index (χ1n) is 7.57. The molecule has 0 aliphatic carbocycles. The van der Waals surface area contributed by atoms with Gasteiger partial charge < -0.3 is 14.7 Å². The number of carboxylic acid groups (broad SMARTS) is 1. The molecule has 1 aromatic heterocycles. The number of aliphatic carboxylic acids is 1. The zero-order valence-electron chi connectivity index (χ0n) is 13.4. The first-order chi connectivity index (χ1) is 11.5. The fraction of sp³-hybridized carbons (Fsp3) is 0.353. The van der Waals surface area contributed by atoms with E-state index in [1.165, 1.54) is 11.3 Å². The summed E-state index contributed by atoms with van der Waals surface area (Å²) in [6.45, 7) is 2.36. The summed E-state index contributed by atoms with van der Waals surface area (Å²) in [6.07, 6.45) is 0. The first kappa shape index (κ1) is 16.4. The molecule has 1 saturated heterocycles. The molecule has 24 heavy (non-hydrogen) atoms. The molecule has 2 heterocycles. The second-order valence-corrected chi connectivity index (χ2v) is 6.66. The van der Waals surface area contributed by atoms with E-state index in [1.54, 1.807) is 24.4 Å². The molecule has 1 N–H and O–H groups in total. The summed E-state index contributed by atoms with van der Waals surface area (Å²) in [6, 6.07) is 7.38. The molecule has 1 aliphatic rings. The van der Waals surface area contributed by atoms with Crippen molar-refractivity contribution in [3.8, 4) is 5.75 Å². The number of carbonyl (C=O) groups is 2. The average molecular weight is 346 g/mol. The van der Waals surface area contributed by atoms with Crippen LogP contribution in [0.15, 0.2) is 29.8 Å². The molecular formula is C17H18N2O4S.